The van der Waals surface area contributed by atoms with Crippen LogP contribution >= 0.6 is 0 Å². The highest BCUT2D eigenvalue weighted by atomic mass is 16.5. The lowest BCUT2D eigenvalue weighted by molar-refractivity contribution is 0.0656. The van der Waals surface area contributed by atoms with E-state index in [9.17, 15) is 0 Å². The summed E-state index contributed by atoms with van der Waals surface area (Å²) in [6.45, 7) is 5.05. The van der Waals surface area contributed by atoms with Crippen LogP contribution in [-0.2, 0) is 16.5 Å². The molecule has 0 radical (unpaired) electrons. The first-order chi connectivity index (χ1) is 8.27. The van der Waals surface area contributed by atoms with Crippen LogP contribution in [0.25, 0.3) is 0 Å². The summed E-state index contributed by atoms with van der Waals surface area (Å²) in [6.07, 6.45) is 2.89. The molecule has 0 spiro atoms. The Morgan fingerprint density at radius 3 is 2.82 bits per heavy atom. The lowest BCUT2D eigenvalue weighted by atomic mass is 10.1. The highest BCUT2D eigenvalue weighted by Crippen LogP contribution is 2.14. The summed E-state index contributed by atoms with van der Waals surface area (Å²) in [5.41, 5.74) is 1.07. The molecule has 0 saturated carbocycles. The lowest BCUT2D eigenvalue weighted by Gasteiger charge is -2.15. The van der Waals surface area contributed by atoms with Gasteiger partial charge in [0, 0.05) is 27.0 Å². The van der Waals surface area contributed by atoms with E-state index in [-0.39, 0.29) is 6.04 Å². The van der Waals surface area contributed by atoms with Crippen LogP contribution in [0.15, 0.2) is 12.3 Å². The molecule has 17 heavy (non-hydrogen) atoms. The predicted molar refractivity (Wildman–Crippen MR) is 66.9 cm³/mol. The number of rotatable bonds is 9. The van der Waals surface area contributed by atoms with Crippen molar-refractivity contribution in [2.75, 3.05) is 33.5 Å². The number of hydrogen-bond donors (Lipinski definition) is 1. The second-order valence-corrected chi connectivity index (χ2v) is 3.92. The van der Waals surface area contributed by atoms with Crippen LogP contribution in [0.4, 0.5) is 0 Å². The van der Waals surface area contributed by atoms with Crippen LogP contribution in [0.1, 0.15) is 25.1 Å². The summed E-state index contributed by atoms with van der Waals surface area (Å²) in [5.74, 6) is 0. The van der Waals surface area contributed by atoms with E-state index in [1.54, 1.807) is 7.11 Å². The molecule has 1 rings (SSSR count). The molecule has 1 heterocycles. The van der Waals surface area contributed by atoms with Gasteiger partial charge in [-0.05, 0) is 19.0 Å². The van der Waals surface area contributed by atoms with Crippen molar-refractivity contribution in [1.82, 2.24) is 15.1 Å². The van der Waals surface area contributed by atoms with Gasteiger partial charge in [-0.2, -0.15) is 5.10 Å². The fraction of sp³-hybridized carbons (Fsp3) is 0.750. The Balaban J connectivity index is 2.33. The van der Waals surface area contributed by atoms with E-state index in [0.717, 1.165) is 25.3 Å². The van der Waals surface area contributed by atoms with Crippen molar-refractivity contribution in [3.8, 4) is 0 Å². The molecule has 1 unspecified atom stereocenters. The van der Waals surface area contributed by atoms with Crippen molar-refractivity contribution in [3.63, 3.8) is 0 Å². The number of methoxy groups -OCH3 is 1. The summed E-state index contributed by atoms with van der Waals surface area (Å²) in [7, 11) is 3.61. The molecule has 0 aromatic carbocycles. The second kappa shape index (κ2) is 8.22. The minimum atomic E-state index is 0.267. The van der Waals surface area contributed by atoms with E-state index >= 15 is 0 Å². The Hall–Kier alpha value is -0.910. The van der Waals surface area contributed by atoms with E-state index in [1.165, 1.54) is 0 Å². The first-order valence-electron chi connectivity index (χ1n) is 6.07. The maximum Gasteiger partial charge on any atom is 0.0794 e. The minimum Gasteiger partial charge on any atom is -0.382 e. The summed E-state index contributed by atoms with van der Waals surface area (Å²) in [6, 6.07) is 2.31. The summed E-state index contributed by atoms with van der Waals surface area (Å²) in [4.78, 5) is 0. The van der Waals surface area contributed by atoms with E-state index in [4.69, 9.17) is 9.47 Å². The van der Waals surface area contributed by atoms with Gasteiger partial charge in [-0.15, -0.1) is 0 Å². The van der Waals surface area contributed by atoms with Crippen LogP contribution in [0.3, 0.4) is 0 Å². The van der Waals surface area contributed by atoms with Crippen LogP contribution in [0, 0.1) is 0 Å². The van der Waals surface area contributed by atoms with Crippen molar-refractivity contribution in [2.45, 2.75) is 19.4 Å². The summed E-state index contributed by atoms with van der Waals surface area (Å²) in [5, 5.41) is 7.83. The third kappa shape index (κ3) is 5.30. The van der Waals surface area contributed by atoms with Gasteiger partial charge in [0.25, 0.3) is 0 Å². The van der Waals surface area contributed by atoms with Crippen molar-refractivity contribution in [2.24, 2.45) is 7.05 Å². The number of ether oxygens (including phenoxy) is 2. The zero-order valence-electron chi connectivity index (χ0n) is 11.0. The third-order valence-corrected chi connectivity index (χ3v) is 2.52. The van der Waals surface area contributed by atoms with Crippen LogP contribution in [0.5, 0.6) is 0 Å². The number of nitrogens with one attached hydrogen (secondary N) is 1. The fourth-order valence-electron chi connectivity index (χ4n) is 1.67. The zero-order chi connectivity index (χ0) is 12.5. The van der Waals surface area contributed by atoms with E-state index in [1.807, 2.05) is 24.0 Å². The Bertz CT molecular complexity index is 302. The molecule has 0 aliphatic rings. The molecule has 5 heteroatoms. The van der Waals surface area contributed by atoms with Crippen molar-refractivity contribution >= 4 is 0 Å². The van der Waals surface area contributed by atoms with Crippen LogP contribution in [0.2, 0.25) is 0 Å². The van der Waals surface area contributed by atoms with Crippen LogP contribution < -0.4 is 5.32 Å². The lowest BCUT2D eigenvalue weighted by Crippen LogP contribution is -2.23. The molecule has 1 aromatic rings. The monoisotopic (exact) mass is 241 g/mol. The van der Waals surface area contributed by atoms with Gasteiger partial charge in [0.1, 0.15) is 0 Å². The molecular weight excluding hydrogens is 218 g/mol. The van der Waals surface area contributed by atoms with Gasteiger partial charge >= 0.3 is 0 Å². The highest BCUT2D eigenvalue weighted by molar-refractivity contribution is 5.05. The van der Waals surface area contributed by atoms with Crippen molar-refractivity contribution in [1.29, 1.82) is 0 Å². The number of nitrogens with zero attached hydrogens (tertiary/aromatic N) is 2. The van der Waals surface area contributed by atoms with Crippen molar-refractivity contribution in [3.05, 3.63) is 18.0 Å². The normalized spacial score (nSPS) is 12.9. The van der Waals surface area contributed by atoms with Gasteiger partial charge in [0.15, 0.2) is 0 Å². The molecular formula is C12H23N3O2. The number of aryl methyl sites for hydroxylation is 1. The van der Waals surface area contributed by atoms with Gasteiger partial charge in [0.2, 0.25) is 0 Å². The molecule has 0 bridgehead atoms. The smallest absolute Gasteiger partial charge is 0.0794 e. The number of aromatic nitrogens is 2. The average molecular weight is 241 g/mol. The Kier molecular flexibility index (Phi) is 6.84. The Morgan fingerprint density at radius 2 is 2.24 bits per heavy atom. The molecule has 1 atom stereocenters. The molecule has 5 nitrogen and oxygen atoms in total. The first kappa shape index (κ1) is 14.2. The molecule has 0 saturated heterocycles. The van der Waals surface area contributed by atoms with E-state index in [0.29, 0.717) is 13.2 Å². The Labute approximate surface area is 103 Å². The molecule has 1 N–H and O–H groups in total. The average Bonchev–Trinajstić information content (AvgIpc) is 2.74. The van der Waals surface area contributed by atoms with Gasteiger partial charge in [-0.1, -0.05) is 6.92 Å². The van der Waals surface area contributed by atoms with E-state index < -0.39 is 0 Å². The molecule has 0 aliphatic heterocycles. The van der Waals surface area contributed by atoms with Gasteiger partial charge < -0.3 is 14.8 Å². The minimum absolute atomic E-state index is 0.267. The molecule has 0 fully saturated rings. The predicted octanol–water partition coefficient (Wildman–Crippen LogP) is 1.12. The Morgan fingerprint density at radius 1 is 1.41 bits per heavy atom. The largest absolute Gasteiger partial charge is 0.382 e. The SMILES string of the molecule is CCNC(CCOCCOC)c1ccn(C)n1. The van der Waals surface area contributed by atoms with Crippen LogP contribution in [-0.4, -0.2) is 43.3 Å². The fourth-order valence-corrected chi connectivity index (χ4v) is 1.67. The maximum atomic E-state index is 5.48. The highest BCUT2D eigenvalue weighted by Gasteiger charge is 2.12. The van der Waals surface area contributed by atoms with E-state index in [2.05, 4.69) is 17.3 Å². The molecule has 0 aliphatic carbocycles. The summed E-state index contributed by atoms with van der Waals surface area (Å²) < 4.78 is 12.2. The topological polar surface area (TPSA) is 48.3 Å². The van der Waals surface area contributed by atoms with Gasteiger partial charge in [-0.25, -0.2) is 0 Å². The first-order valence-corrected chi connectivity index (χ1v) is 6.07. The quantitative estimate of drug-likeness (QED) is 0.658. The van der Waals surface area contributed by atoms with Crippen molar-refractivity contribution < 1.29 is 9.47 Å². The maximum absolute atomic E-state index is 5.48. The van der Waals surface area contributed by atoms with Gasteiger partial charge in [0.05, 0.1) is 24.9 Å². The molecule has 0 amide bonds. The number of hydrogen-bond acceptors (Lipinski definition) is 4. The standard InChI is InChI=1S/C12H23N3O2/c1-4-13-11(6-8-17-10-9-16-3)12-5-7-15(2)14-12/h5,7,11,13H,4,6,8-10H2,1-3H3. The summed E-state index contributed by atoms with van der Waals surface area (Å²) >= 11 is 0. The van der Waals surface area contributed by atoms with Gasteiger partial charge in [-0.3, -0.25) is 4.68 Å². The second-order valence-electron chi connectivity index (χ2n) is 3.92. The zero-order valence-corrected chi connectivity index (χ0v) is 11.0. The molecule has 1 aromatic heterocycles. The molecule has 98 valence electrons. The third-order valence-electron chi connectivity index (χ3n) is 2.52.